The summed E-state index contributed by atoms with van der Waals surface area (Å²) in [5.74, 6) is -3.07. The fourth-order valence-corrected chi connectivity index (χ4v) is 5.48. The second kappa shape index (κ2) is 27.4. The first-order valence-electron chi connectivity index (χ1n) is 17.3. The normalized spacial score (nSPS) is 11.0. The smallest absolute Gasteiger partial charge is 0.336 e. The fraction of sp³-hybridized carbons (Fsp3) is 0.268. The number of carboxylic acid groups (broad SMARTS) is 1. The average Bonchev–Trinajstić information content (AvgIpc) is 3.21. The molecule has 0 heterocycles. The van der Waals surface area contributed by atoms with Crippen LogP contribution in [0.3, 0.4) is 0 Å². The topological polar surface area (TPSA) is 156 Å². The monoisotopic (exact) mass is 1020 g/mol. The molecule has 15 heteroatoms. The second-order valence-corrected chi connectivity index (χ2v) is 13.7. The molecule has 2 atom stereocenters. The molecule has 0 aliphatic carbocycles. The van der Waals surface area contributed by atoms with Crippen LogP contribution in [0.15, 0.2) is 97.1 Å². The highest BCUT2D eigenvalue weighted by atomic mass is 127. The Kier molecular flexibility index (Phi) is 24.3. The minimum Gasteiger partial charge on any atom is -0.478 e. The van der Waals surface area contributed by atoms with Gasteiger partial charge in [0.05, 0.1) is 28.3 Å². The van der Waals surface area contributed by atoms with Crippen LogP contribution in [0, 0.1) is 7.14 Å². The number of rotatable bonds is 12. The van der Waals surface area contributed by atoms with E-state index in [9.17, 15) is 33.2 Å². The first-order chi connectivity index (χ1) is 26.6. The zero-order valence-corrected chi connectivity index (χ0v) is 36.8. The number of benzene rings is 4. The number of ketones is 2. The van der Waals surface area contributed by atoms with Crippen molar-refractivity contribution in [3.8, 4) is 22.3 Å². The lowest BCUT2D eigenvalue weighted by Crippen LogP contribution is -2.48. The number of likely N-dealkylation sites (N-methyl/N-ethyl adjacent to an activating group) is 2. The molecule has 4 rings (SSSR count). The number of amides is 1. The molecule has 0 saturated carbocycles. The van der Waals surface area contributed by atoms with Crippen LogP contribution in [0.4, 0.5) is 4.39 Å². The summed E-state index contributed by atoms with van der Waals surface area (Å²) in [7, 11) is 4.45. The summed E-state index contributed by atoms with van der Waals surface area (Å²) < 4.78 is 26.9. The summed E-state index contributed by atoms with van der Waals surface area (Å²) >= 11 is 4.50. The molecule has 0 radical (unpaired) electrons. The van der Waals surface area contributed by atoms with Gasteiger partial charge in [-0.2, -0.15) is 0 Å². The number of alkyl halides is 1. The maximum absolute atomic E-state index is 12.7. The number of carbonyl (C=O) groups excluding carboxylic acids is 5. The predicted molar refractivity (Wildman–Crippen MR) is 234 cm³/mol. The number of ether oxygens (including phenoxy) is 2. The van der Waals surface area contributed by atoms with Crippen molar-refractivity contribution >= 4 is 93.0 Å². The van der Waals surface area contributed by atoms with Crippen molar-refractivity contribution in [1.82, 2.24) is 10.2 Å². The summed E-state index contributed by atoms with van der Waals surface area (Å²) in [6.45, 7) is 3.35. The SMILES string of the molecule is CCC(=O)C(C(=O)OC)N(C)C(=O)c1ccc(-c2ccc(I)cc2)cc1.CCC(=O)C(NC)C(=O)OC.Cl.O=C(O)c1ccc(-c2ccc(I)cc2)cc1.[2H]CF. The zero-order chi connectivity index (χ0) is 42.4. The van der Waals surface area contributed by atoms with Gasteiger partial charge in [-0.25, -0.2) is 14.4 Å². The van der Waals surface area contributed by atoms with Crippen molar-refractivity contribution in [2.24, 2.45) is 0 Å². The Morgan fingerprint density at radius 1 is 0.696 bits per heavy atom. The van der Waals surface area contributed by atoms with E-state index in [4.69, 9.17) is 6.48 Å². The van der Waals surface area contributed by atoms with Gasteiger partial charge in [0, 0.05) is 32.6 Å². The van der Waals surface area contributed by atoms with Gasteiger partial charge in [0.2, 0.25) is 0 Å². The van der Waals surface area contributed by atoms with E-state index in [1.807, 2.05) is 72.8 Å². The molecule has 11 nitrogen and oxygen atoms in total. The molecule has 0 spiro atoms. The zero-order valence-electron chi connectivity index (χ0n) is 32.7. The first kappa shape index (κ1) is 49.8. The number of halogens is 4. The van der Waals surface area contributed by atoms with Crippen LogP contribution in [0.5, 0.6) is 0 Å². The number of Topliss-reactive ketones (excluding diaryl/α,β-unsaturated/α-hetero) is 2. The lowest BCUT2D eigenvalue weighted by atomic mass is 10.0. The number of esters is 2. The summed E-state index contributed by atoms with van der Waals surface area (Å²) in [5.41, 5.74) is 4.87. The highest BCUT2D eigenvalue weighted by molar-refractivity contribution is 14.1. The number of hydrogen-bond donors (Lipinski definition) is 2. The van der Waals surface area contributed by atoms with Crippen LogP contribution >= 0.6 is 57.6 Å². The summed E-state index contributed by atoms with van der Waals surface area (Å²) in [6.07, 6.45) is 0.476. The van der Waals surface area contributed by atoms with Gasteiger partial charge in [-0.15, -0.1) is 12.4 Å². The number of aromatic carboxylic acids is 1. The van der Waals surface area contributed by atoms with E-state index in [0.717, 1.165) is 30.7 Å². The molecule has 302 valence electrons. The summed E-state index contributed by atoms with van der Waals surface area (Å²) in [6, 6.07) is 28.1. The molecule has 0 fully saturated rings. The minimum absolute atomic E-state index is 0. The maximum Gasteiger partial charge on any atom is 0.336 e. The van der Waals surface area contributed by atoms with Crippen molar-refractivity contribution in [2.75, 3.05) is 35.5 Å². The average molecular weight is 1020 g/mol. The van der Waals surface area contributed by atoms with Crippen molar-refractivity contribution in [3.63, 3.8) is 0 Å². The van der Waals surface area contributed by atoms with E-state index in [0.29, 0.717) is 17.5 Å². The Bertz CT molecular complexity index is 1850. The maximum atomic E-state index is 12.7. The molecule has 0 aromatic heterocycles. The Morgan fingerprint density at radius 2 is 1.04 bits per heavy atom. The van der Waals surface area contributed by atoms with Crippen LogP contribution in [-0.4, -0.2) is 92.9 Å². The first-order valence-corrected chi connectivity index (χ1v) is 18.8. The van der Waals surface area contributed by atoms with Crippen LogP contribution < -0.4 is 5.32 Å². The molecular weight excluding hydrogens is 973 g/mol. The lowest BCUT2D eigenvalue weighted by molar-refractivity contribution is -0.150. The number of methoxy groups -OCH3 is 2. The van der Waals surface area contributed by atoms with Crippen LogP contribution in [0.1, 0.15) is 48.8 Å². The third-order valence-corrected chi connectivity index (χ3v) is 9.24. The highest BCUT2D eigenvalue weighted by Gasteiger charge is 2.33. The molecule has 0 saturated heterocycles. The third kappa shape index (κ3) is 16.1. The van der Waals surface area contributed by atoms with Crippen molar-refractivity contribution < 1.29 is 49.1 Å². The molecule has 4 aromatic rings. The van der Waals surface area contributed by atoms with Gasteiger partial charge in [-0.1, -0.05) is 62.4 Å². The molecule has 2 N–H and O–H groups in total. The van der Waals surface area contributed by atoms with Crippen molar-refractivity contribution in [1.29, 1.82) is 0 Å². The number of nitrogens with one attached hydrogen (secondary N) is 1. The third-order valence-electron chi connectivity index (χ3n) is 7.80. The largest absolute Gasteiger partial charge is 0.478 e. The van der Waals surface area contributed by atoms with E-state index in [1.165, 1.54) is 24.8 Å². The Morgan fingerprint density at radius 3 is 1.34 bits per heavy atom. The van der Waals surface area contributed by atoms with Crippen molar-refractivity contribution in [3.05, 3.63) is 115 Å². The standard InChI is InChI=1S/C20H20INO4.C13H9IO2.C7H13NO3.CH3F.ClH/c1-4-17(23)18(20(25)26-3)22(2)19(24)15-7-5-13(6-8-15)14-9-11-16(21)12-10-14;14-12-7-5-10(6-8-12)9-1-3-11(4-2-9)13(15)16;1-4-5(9)6(8-2)7(10)11-3;1-2;/h5-12,18H,4H2,1-3H3;1-8H,(H,15,16);6,8H,4H2,1-3H3;1H3;1H/i;;;1D;. The van der Waals surface area contributed by atoms with E-state index < -0.39 is 43.1 Å². The summed E-state index contributed by atoms with van der Waals surface area (Å²) in [4.78, 5) is 70.3. The van der Waals surface area contributed by atoms with Gasteiger partial charge >= 0.3 is 17.9 Å². The van der Waals surface area contributed by atoms with Gasteiger partial charge in [0.25, 0.3) is 5.91 Å². The van der Waals surface area contributed by atoms with Gasteiger partial charge in [-0.3, -0.25) is 18.8 Å². The predicted octanol–water partition coefficient (Wildman–Crippen LogP) is 7.94. The molecule has 0 bridgehead atoms. The molecular formula is C41H46ClFI2N2O9. The van der Waals surface area contributed by atoms with Gasteiger partial charge in [-0.05, 0) is 123 Å². The Labute approximate surface area is 361 Å². The molecule has 4 aromatic carbocycles. The Balaban J connectivity index is 0.000000862. The van der Waals surface area contributed by atoms with E-state index in [-0.39, 0.29) is 30.4 Å². The molecule has 0 aliphatic heterocycles. The van der Waals surface area contributed by atoms with Gasteiger partial charge < -0.3 is 24.8 Å². The van der Waals surface area contributed by atoms with Crippen molar-refractivity contribution in [2.45, 2.75) is 38.8 Å². The van der Waals surface area contributed by atoms with E-state index >= 15 is 0 Å². The fourth-order valence-electron chi connectivity index (χ4n) is 4.76. The summed E-state index contributed by atoms with van der Waals surface area (Å²) in [5, 5.41) is 11.4. The number of nitrogens with zero attached hydrogens (tertiary/aromatic N) is 1. The molecule has 56 heavy (non-hydrogen) atoms. The Hall–Kier alpha value is -4.26. The highest BCUT2D eigenvalue weighted by Crippen LogP contribution is 2.23. The lowest BCUT2D eigenvalue weighted by Gasteiger charge is -2.24. The van der Waals surface area contributed by atoms with Gasteiger partial charge in [0.15, 0.2) is 23.7 Å². The molecule has 0 aliphatic rings. The van der Waals surface area contributed by atoms with E-state index in [1.54, 1.807) is 45.2 Å². The van der Waals surface area contributed by atoms with Crippen LogP contribution in [0.25, 0.3) is 22.3 Å². The quantitative estimate of drug-likeness (QED) is 0.0812. The molecule has 2 unspecified atom stereocenters. The number of carbonyl (C=O) groups is 6. The van der Waals surface area contributed by atoms with Gasteiger partial charge in [0.1, 0.15) is 0 Å². The van der Waals surface area contributed by atoms with E-state index in [2.05, 4.69) is 60.0 Å². The number of carboxylic acids is 1. The molecule has 1 amide bonds. The van der Waals surface area contributed by atoms with Crippen LogP contribution in [-0.2, 0) is 28.7 Å². The van der Waals surface area contributed by atoms with Crippen LogP contribution in [0.2, 0.25) is 0 Å². The number of hydrogen-bond acceptors (Lipinski definition) is 9. The second-order valence-electron chi connectivity index (χ2n) is 11.2. The minimum atomic E-state index is -1.23.